The third kappa shape index (κ3) is 1.75. The van der Waals surface area contributed by atoms with Gasteiger partial charge in [0.1, 0.15) is 5.82 Å². The zero-order valence-electron chi connectivity index (χ0n) is 7.54. The quantitative estimate of drug-likeness (QED) is 0.780. The van der Waals surface area contributed by atoms with E-state index >= 15 is 0 Å². The molecule has 1 aromatic rings. The molecule has 14 heavy (non-hydrogen) atoms. The Balaban J connectivity index is 2.28. The van der Waals surface area contributed by atoms with Gasteiger partial charge in [0.05, 0.1) is 11.1 Å². The second-order valence-corrected chi connectivity index (χ2v) is 3.82. The van der Waals surface area contributed by atoms with Crippen LogP contribution in [0.2, 0.25) is 5.02 Å². The molecule has 0 radical (unpaired) electrons. The first-order chi connectivity index (χ1) is 6.68. The molecular weight excluding hydrogens is 205 g/mol. The summed E-state index contributed by atoms with van der Waals surface area (Å²) in [7, 11) is 0. The fraction of sp³-hybridized carbons (Fsp3) is 0.400. The van der Waals surface area contributed by atoms with E-state index in [9.17, 15) is 4.39 Å². The zero-order valence-corrected chi connectivity index (χ0v) is 8.30. The van der Waals surface area contributed by atoms with Crippen molar-refractivity contribution in [3.63, 3.8) is 0 Å². The lowest BCUT2D eigenvalue weighted by Gasteiger charge is -2.14. The van der Waals surface area contributed by atoms with Gasteiger partial charge >= 0.3 is 0 Å². The number of benzene rings is 1. The van der Waals surface area contributed by atoms with E-state index in [0.717, 1.165) is 12.0 Å². The maximum Gasteiger partial charge on any atom is 0.142 e. The van der Waals surface area contributed by atoms with Crippen LogP contribution in [0.3, 0.4) is 0 Å². The summed E-state index contributed by atoms with van der Waals surface area (Å²) >= 11 is 5.58. The molecule has 0 unspecified atom stereocenters. The molecule has 1 aliphatic rings. The first-order valence-electron chi connectivity index (χ1n) is 4.50. The lowest BCUT2D eigenvalue weighted by Crippen LogP contribution is -2.23. The number of rotatable bonds is 1. The van der Waals surface area contributed by atoms with Gasteiger partial charge in [-0.3, -0.25) is 0 Å². The van der Waals surface area contributed by atoms with E-state index < -0.39 is 5.82 Å². The molecule has 1 fully saturated rings. The van der Waals surface area contributed by atoms with Gasteiger partial charge in [-0.25, -0.2) is 4.39 Å². The van der Waals surface area contributed by atoms with Crippen LogP contribution in [0.1, 0.15) is 18.1 Å². The Morgan fingerprint density at radius 1 is 1.50 bits per heavy atom. The van der Waals surface area contributed by atoms with Gasteiger partial charge in [0.2, 0.25) is 0 Å². The van der Waals surface area contributed by atoms with Crippen LogP contribution in [0.5, 0.6) is 0 Å². The third-order valence-corrected chi connectivity index (χ3v) is 2.72. The summed E-state index contributed by atoms with van der Waals surface area (Å²) in [4.78, 5) is 0. The molecule has 1 saturated heterocycles. The van der Waals surface area contributed by atoms with Gasteiger partial charge in [0, 0.05) is 12.6 Å². The van der Waals surface area contributed by atoms with Crippen molar-refractivity contribution in [1.29, 1.82) is 0 Å². The van der Waals surface area contributed by atoms with Crippen LogP contribution in [-0.2, 0) is 4.74 Å². The lowest BCUT2D eigenvalue weighted by atomic mass is 10.0. The summed E-state index contributed by atoms with van der Waals surface area (Å²) < 4.78 is 18.5. The van der Waals surface area contributed by atoms with Crippen molar-refractivity contribution >= 4 is 11.6 Å². The maximum atomic E-state index is 13.1. The fourth-order valence-electron chi connectivity index (χ4n) is 1.64. The first kappa shape index (κ1) is 9.90. The molecule has 2 N–H and O–H groups in total. The van der Waals surface area contributed by atoms with Crippen LogP contribution >= 0.6 is 11.6 Å². The van der Waals surface area contributed by atoms with Crippen molar-refractivity contribution in [2.24, 2.45) is 5.73 Å². The Hall–Kier alpha value is -0.640. The van der Waals surface area contributed by atoms with Crippen LogP contribution in [0.25, 0.3) is 0 Å². The highest BCUT2D eigenvalue weighted by Gasteiger charge is 2.26. The van der Waals surface area contributed by atoms with E-state index in [1.807, 2.05) is 0 Å². The number of halogens is 2. The lowest BCUT2D eigenvalue weighted by molar-refractivity contribution is 0.105. The molecule has 2 nitrogen and oxygen atoms in total. The van der Waals surface area contributed by atoms with E-state index in [2.05, 4.69) is 0 Å². The van der Waals surface area contributed by atoms with Gasteiger partial charge in [-0.15, -0.1) is 0 Å². The van der Waals surface area contributed by atoms with Crippen LogP contribution in [0, 0.1) is 5.82 Å². The van der Waals surface area contributed by atoms with Crippen molar-refractivity contribution in [3.8, 4) is 0 Å². The second kappa shape index (κ2) is 3.85. The molecule has 0 aliphatic carbocycles. The van der Waals surface area contributed by atoms with Gasteiger partial charge < -0.3 is 10.5 Å². The highest BCUT2D eigenvalue weighted by molar-refractivity contribution is 6.30. The van der Waals surface area contributed by atoms with Crippen molar-refractivity contribution in [2.75, 3.05) is 6.61 Å². The topological polar surface area (TPSA) is 35.2 Å². The predicted octanol–water partition coefficient (Wildman–Crippen LogP) is 2.27. The van der Waals surface area contributed by atoms with Crippen LogP contribution in [-0.4, -0.2) is 12.6 Å². The smallest absolute Gasteiger partial charge is 0.142 e. The Morgan fingerprint density at radius 2 is 2.29 bits per heavy atom. The summed E-state index contributed by atoms with van der Waals surface area (Å²) in [6, 6.07) is 4.62. The molecule has 0 bridgehead atoms. The number of ether oxygens (including phenoxy) is 1. The highest BCUT2D eigenvalue weighted by atomic mass is 35.5. The number of hydrogen-bond donors (Lipinski definition) is 1. The van der Waals surface area contributed by atoms with Crippen LogP contribution in [0.4, 0.5) is 4.39 Å². The normalized spacial score (nSPS) is 26.8. The summed E-state index contributed by atoms with van der Waals surface area (Å²) in [6.45, 7) is 0.635. The minimum Gasteiger partial charge on any atom is -0.372 e. The van der Waals surface area contributed by atoms with Gasteiger partial charge in [-0.1, -0.05) is 17.7 Å². The third-order valence-electron chi connectivity index (χ3n) is 2.41. The molecule has 76 valence electrons. The molecule has 2 rings (SSSR count). The van der Waals surface area contributed by atoms with E-state index in [1.54, 1.807) is 6.07 Å². The van der Waals surface area contributed by atoms with Crippen molar-refractivity contribution < 1.29 is 9.13 Å². The molecule has 0 spiro atoms. The van der Waals surface area contributed by atoms with Gasteiger partial charge in [0.25, 0.3) is 0 Å². The Kier molecular flexibility index (Phi) is 2.72. The molecule has 0 saturated carbocycles. The van der Waals surface area contributed by atoms with E-state index in [4.69, 9.17) is 22.1 Å². The maximum absolute atomic E-state index is 13.1. The Bertz CT molecular complexity index is 345. The average molecular weight is 216 g/mol. The Morgan fingerprint density at radius 3 is 2.86 bits per heavy atom. The molecular formula is C10H11ClFNO. The SMILES string of the molecule is N[C@@H]1CCO[C@H]1c1ccc(Cl)c(F)c1. The van der Waals surface area contributed by atoms with Crippen molar-refractivity contribution in [1.82, 2.24) is 0 Å². The minimum absolute atomic E-state index is 0.0458. The Labute approximate surface area is 86.8 Å². The van der Waals surface area contributed by atoms with Crippen molar-refractivity contribution in [3.05, 3.63) is 34.6 Å². The molecule has 1 heterocycles. The predicted molar refractivity (Wildman–Crippen MR) is 52.7 cm³/mol. The summed E-state index contributed by atoms with van der Waals surface area (Å²) in [5.74, 6) is -0.424. The van der Waals surface area contributed by atoms with Crippen molar-refractivity contribution in [2.45, 2.75) is 18.6 Å². The monoisotopic (exact) mass is 215 g/mol. The molecule has 1 aliphatic heterocycles. The standard InChI is InChI=1S/C10H11ClFNO/c11-7-2-1-6(5-8(7)12)10-9(13)3-4-14-10/h1-2,5,9-10H,3-4,13H2/t9-,10+/m1/s1. The molecule has 1 aromatic carbocycles. The van der Waals surface area contributed by atoms with E-state index in [0.29, 0.717) is 6.61 Å². The fourth-order valence-corrected chi connectivity index (χ4v) is 1.76. The number of hydrogen-bond acceptors (Lipinski definition) is 2. The molecule has 0 amide bonds. The van der Waals surface area contributed by atoms with E-state index in [1.165, 1.54) is 12.1 Å². The summed E-state index contributed by atoms with van der Waals surface area (Å²) in [5.41, 5.74) is 6.58. The summed E-state index contributed by atoms with van der Waals surface area (Å²) in [5, 5.41) is 0.125. The molecule has 0 aromatic heterocycles. The zero-order chi connectivity index (χ0) is 10.1. The molecule has 2 atom stereocenters. The van der Waals surface area contributed by atoms with Crippen LogP contribution in [0.15, 0.2) is 18.2 Å². The molecule has 4 heteroatoms. The van der Waals surface area contributed by atoms with Gasteiger partial charge in [-0.05, 0) is 24.1 Å². The van der Waals surface area contributed by atoms with Gasteiger partial charge in [0.15, 0.2) is 0 Å². The second-order valence-electron chi connectivity index (χ2n) is 3.42. The number of nitrogens with two attached hydrogens (primary N) is 1. The van der Waals surface area contributed by atoms with E-state index in [-0.39, 0.29) is 17.2 Å². The minimum atomic E-state index is -0.424. The van der Waals surface area contributed by atoms with Gasteiger partial charge in [-0.2, -0.15) is 0 Å². The first-order valence-corrected chi connectivity index (χ1v) is 4.88. The largest absolute Gasteiger partial charge is 0.372 e. The average Bonchev–Trinajstić information content (AvgIpc) is 2.57. The highest BCUT2D eigenvalue weighted by Crippen LogP contribution is 2.29. The summed E-state index contributed by atoms with van der Waals surface area (Å²) in [6.07, 6.45) is 0.622. The van der Waals surface area contributed by atoms with Crippen LogP contribution < -0.4 is 5.73 Å².